The molecule has 3 aromatic rings. The summed E-state index contributed by atoms with van der Waals surface area (Å²) in [5.41, 5.74) is 3.72. The van der Waals surface area contributed by atoms with Crippen LogP contribution in [0.3, 0.4) is 0 Å². The zero-order valence-electron chi connectivity index (χ0n) is 25.9. The summed E-state index contributed by atoms with van der Waals surface area (Å²) in [6.07, 6.45) is 3.55. The molecule has 1 heterocycles. The zero-order chi connectivity index (χ0) is 33.2. The zero-order valence-corrected chi connectivity index (χ0v) is 25.9. The van der Waals surface area contributed by atoms with Crippen LogP contribution in [0.2, 0.25) is 0 Å². The van der Waals surface area contributed by atoms with E-state index in [2.05, 4.69) is 25.1 Å². The quantitative estimate of drug-likeness (QED) is 0.287. The Morgan fingerprint density at radius 3 is 1.98 bits per heavy atom. The second-order valence-electron chi connectivity index (χ2n) is 8.03. The van der Waals surface area contributed by atoms with E-state index in [1.165, 1.54) is 35.0 Å². The van der Waals surface area contributed by atoms with Crippen LogP contribution in [0.4, 0.5) is 5.69 Å². The number of methoxy groups -OCH3 is 3. The standard InChI is InChI=1S/C19H21N3O2.C4H7NO3.C3H6O2.2C2H4O/c1-13(11-24-3)22-12-21-18-16(5-4-6-17(18)19(22)23)14-7-9-15(20-2)10-8-14;1-8-4(7)2-5-3-6;1-3(4)5-2;2*1-2-3/h4-10,12-13,20H,11H2,1-3H3;3H,2H2,1H3,(H,5,6);1-2H3;2*2H,1H3. The molecule has 0 radical (unpaired) electrons. The van der Waals surface area contributed by atoms with E-state index in [4.69, 9.17) is 14.3 Å². The number of ether oxygens (including phenoxy) is 3. The highest BCUT2D eigenvalue weighted by Gasteiger charge is 2.13. The number of rotatable bonds is 8. The van der Waals surface area contributed by atoms with Crippen molar-refractivity contribution in [3.63, 3.8) is 0 Å². The van der Waals surface area contributed by atoms with Gasteiger partial charge in [-0.15, -0.1) is 0 Å². The van der Waals surface area contributed by atoms with Gasteiger partial charge in [0.1, 0.15) is 19.1 Å². The van der Waals surface area contributed by atoms with Gasteiger partial charge in [-0.25, -0.2) is 4.98 Å². The third-order valence-electron chi connectivity index (χ3n) is 5.02. The minimum absolute atomic E-state index is 0.0433. The number of carbonyl (C=O) groups excluding carboxylic acids is 5. The third kappa shape index (κ3) is 16.2. The summed E-state index contributed by atoms with van der Waals surface area (Å²) in [5.74, 6) is -0.692. The maximum atomic E-state index is 12.8. The lowest BCUT2D eigenvalue weighted by Gasteiger charge is -2.15. The van der Waals surface area contributed by atoms with Crippen molar-refractivity contribution in [2.75, 3.05) is 46.8 Å². The fourth-order valence-electron chi connectivity index (χ4n) is 3.05. The minimum Gasteiger partial charge on any atom is -0.469 e. The van der Waals surface area contributed by atoms with Crippen LogP contribution in [0.25, 0.3) is 22.0 Å². The lowest BCUT2D eigenvalue weighted by Crippen LogP contribution is -2.26. The molecule has 0 aliphatic heterocycles. The Morgan fingerprint density at radius 1 is 0.977 bits per heavy atom. The van der Waals surface area contributed by atoms with Crippen LogP contribution in [0, 0.1) is 0 Å². The molecule has 13 nitrogen and oxygen atoms in total. The number of aldehydes is 2. The molecule has 0 bridgehead atoms. The number of esters is 2. The fraction of sp³-hybridized carbons (Fsp3) is 0.367. The molecule has 1 aromatic heterocycles. The van der Waals surface area contributed by atoms with E-state index in [-0.39, 0.29) is 24.1 Å². The summed E-state index contributed by atoms with van der Waals surface area (Å²) in [5, 5.41) is 5.87. The highest BCUT2D eigenvalue weighted by Crippen LogP contribution is 2.27. The number of benzene rings is 2. The Labute approximate surface area is 251 Å². The molecule has 236 valence electrons. The molecule has 3 rings (SSSR count). The first-order chi connectivity index (χ1) is 20.6. The van der Waals surface area contributed by atoms with Crippen LogP contribution in [-0.2, 0) is 38.2 Å². The van der Waals surface area contributed by atoms with Gasteiger partial charge < -0.3 is 34.4 Å². The summed E-state index contributed by atoms with van der Waals surface area (Å²) in [6, 6.07) is 13.7. The van der Waals surface area contributed by atoms with Crippen molar-refractivity contribution in [1.29, 1.82) is 0 Å². The molecule has 1 amide bonds. The summed E-state index contributed by atoms with van der Waals surface area (Å²) >= 11 is 0. The van der Waals surface area contributed by atoms with Crippen molar-refractivity contribution in [1.82, 2.24) is 14.9 Å². The van der Waals surface area contributed by atoms with Gasteiger partial charge in [-0.3, -0.25) is 23.7 Å². The van der Waals surface area contributed by atoms with Gasteiger partial charge in [0.2, 0.25) is 6.41 Å². The normalized spacial score (nSPS) is 9.67. The number of anilines is 1. The Balaban J connectivity index is 0. The predicted octanol–water partition coefficient (Wildman–Crippen LogP) is 2.81. The highest BCUT2D eigenvalue weighted by molar-refractivity contribution is 5.93. The molecule has 0 aliphatic rings. The van der Waals surface area contributed by atoms with Crippen LogP contribution in [-0.4, -0.2) is 82.0 Å². The molecular formula is C30H42N4O9. The molecule has 0 aliphatic carbocycles. The van der Waals surface area contributed by atoms with E-state index in [1.807, 2.05) is 56.4 Å². The Hall–Kier alpha value is -4.91. The molecule has 0 fully saturated rings. The Bertz CT molecular complexity index is 1300. The number of hydrogen-bond donors (Lipinski definition) is 2. The molecule has 13 heteroatoms. The maximum absolute atomic E-state index is 12.8. The van der Waals surface area contributed by atoms with Gasteiger partial charge in [0.05, 0.1) is 44.1 Å². The molecule has 2 aromatic carbocycles. The second kappa shape index (κ2) is 24.9. The average molecular weight is 603 g/mol. The van der Waals surface area contributed by atoms with E-state index < -0.39 is 5.97 Å². The largest absolute Gasteiger partial charge is 0.469 e. The average Bonchev–Trinajstić information content (AvgIpc) is 3.01. The molecule has 43 heavy (non-hydrogen) atoms. The number of carbonyl (C=O) groups is 5. The lowest BCUT2D eigenvalue weighted by molar-refractivity contribution is -0.140. The van der Waals surface area contributed by atoms with Gasteiger partial charge in [0, 0.05) is 32.3 Å². The maximum Gasteiger partial charge on any atom is 0.325 e. The summed E-state index contributed by atoms with van der Waals surface area (Å²) in [6.45, 7) is 6.61. The number of nitrogens with one attached hydrogen (secondary N) is 2. The van der Waals surface area contributed by atoms with Gasteiger partial charge in [-0.2, -0.15) is 0 Å². The topological polar surface area (TPSA) is 172 Å². The van der Waals surface area contributed by atoms with Gasteiger partial charge >= 0.3 is 11.9 Å². The van der Waals surface area contributed by atoms with Crippen LogP contribution < -0.4 is 16.2 Å². The van der Waals surface area contributed by atoms with E-state index in [1.54, 1.807) is 18.0 Å². The summed E-state index contributed by atoms with van der Waals surface area (Å²) in [7, 11) is 6.12. The number of hydrogen-bond acceptors (Lipinski definition) is 11. The molecule has 0 saturated carbocycles. The first-order valence-electron chi connectivity index (χ1n) is 12.9. The lowest BCUT2D eigenvalue weighted by atomic mass is 10.0. The van der Waals surface area contributed by atoms with Crippen molar-refractivity contribution in [2.45, 2.75) is 33.7 Å². The molecule has 0 spiro atoms. The van der Waals surface area contributed by atoms with Crippen LogP contribution in [0.1, 0.15) is 33.7 Å². The number of nitrogens with zero attached hydrogens (tertiary/aromatic N) is 2. The number of para-hydroxylation sites is 1. The molecular weight excluding hydrogens is 560 g/mol. The summed E-state index contributed by atoms with van der Waals surface area (Å²) in [4.78, 5) is 64.2. The van der Waals surface area contributed by atoms with Crippen LogP contribution >= 0.6 is 0 Å². The van der Waals surface area contributed by atoms with E-state index >= 15 is 0 Å². The molecule has 2 N–H and O–H groups in total. The number of amides is 1. The summed E-state index contributed by atoms with van der Waals surface area (Å²) < 4.78 is 15.1. The van der Waals surface area contributed by atoms with E-state index in [0.717, 1.165) is 34.9 Å². The van der Waals surface area contributed by atoms with Crippen molar-refractivity contribution in [2.24, 2.45) is 0 Å². The van der Waals surface area contributed by atoms with Crippen LogP contribution in [0.5, 0.6) is 0 Å². The van der Waals surface area contributed by atoms with Crippen molar-refractivity contribution in [3.05, 3.63) is 59.1 Å². The van der Waals surface area contributed by atoms with Crippen molar-refractivity contribution in [3.8, 4) is 11.1 Å². The van der Waals surface area contributed by atoms with E-state index in [9.17, 15) is 19.2 Å². The first kappa shape index (κ1) is 40.2. The van der Waals surface area contributed by atoms with Gasteiger partial charge in [0.25, 0.3) is 5.56 Å². The Kier molecular flexibility index (Phi) is 23.3. The third-order valence-corrected chi connectivity index (χ3v) is 5.02. The van der Waals surface area contributed by atoms with Gasteiger partial charge in [-0.05, 0) is 44.5 Å². The van der Waals surface area contributed by atoms with Gasteiger partial charge in [-0.1, -0.05) is 24.3 Å². The van der Waals surface area contributed by atoms with Crippen molar-refractivity contribution < 1.29 is 38.2 Å². The smallest absolute Gasteiger partial charge is 0.325 e. The van der Waals surface area contributed by atoms with Gasteiger partial charge in [0.15, 0.2) is 0 Å². The van der Waals surface area contributed by atoms with E-state index in [0.29, 0.717) is 18.4 Å². The van der Waals surface area contributed by atoms with Crippen LogP contribution in [0.15, 0.2) is 53.6 Å². The second-order valence-corrected chi connectivity index (χ2v) is 8.03. The number of aromatic nitrogens is 2. The molecule has 1 unspecified atom stereocenters. The fourth-order valence-corrected chi connectivity index (χ4v) is 3.05. The minimum atomic E-state index is -0.447. The highest BCUT2D eigenvalue weighted by atomic mass is 16.5. The molecule has 1 atom stereocenters. The first-order valence-corrected chi connectivity index (χ1v) is 12.9. The monoisotopic (exact) mass is 602 g/mol. The molecule has 0 saturated heterocycles. The van der Waals surface area contributed by atoms with Crippen molar-refractivity contribution >= 4 is 47.5 Å². The Morgan fingerprint density at radius 2 is 1.53 bits per heavy atom. The number of fused-ring (bicyclic) bond motifs is 1. The SMILES string of the molecule is CC=O.CC=O.CNc1ccc(-c2cccc3c(=O)n(C(C)COC)cnc23)cc1.COC(=O)CNC=O.COC(C)=O. The predicted molar refractivity (Wildman–Crippen MR) is 165 cm³/mol.